The Hall–Kier alpha value is -4.92. The normalized spacial score (nSPS) is 36.0. The van der Waals surface area contributed by atoms with Crippen molar-refractivity contribution in [3.8, 4) is 5.75 Å². The van der Waals surface area contributed by atoms with E-state index in [1.807, 2.05) is 43.1 Å². The van der Waals surface area contributed by atoms with Gasteiger partial charge in [-0.15, -0.1) is 0 Å². The van der Waals surface area contributed by atoms with Crippen molar-refractivity contribution in [2.24, 2.45) is 11.3 Å². The van der Waals surface area contributed by atoms with Crippen molar-refractivity contribution >= 4 is 40.9 Å². The first-order chi connectivity index (χ1) is 29.3. The number of hydrogen-bond donors (Lipinski definition) is 3. The molecule has 61 heavy (non-hydrogen) atoms. The molecule has 14 nitrogen and oxygen atoms in total. The van der Waals surface area contributed by atoms with Gasteiger partial charge in [0.1, 0.15) is 11.2 Å². The molecule has 2 saturated heterocycles. The monoisotopic (exact) mass is 837 g/mol. The standard InChI is InChI=1S/C47H59N5O9/c1-8-43(48-27-53)23-29-24-46(41(55)59-6,37-31(15-19-51(25-29)26-43)30-13-10-11-14-34(30)49-37)33-21-32-35(22-36(33)58-5)50(4)39-45(32)17-20-52-18-12-16-44(9-2,38(45)52)40(61-28(3)54)47(39,57)42(56)60-7/h10-14,16,21-22,27,29,38-40,49,57H,8-9,15,17-20,23-26H2,1-7H3,(H,48,53)/t29-,38-,39+,40+,43-,44+,45+,46-,47-/m0/s1. The molecule has 1 spiro atoms. The van der Waals surface area contributed by atoms with Gasteiger partial charge < -0.3 is 44.2 Å². The summed E-state index contributed by atoms with van der Waals surface area (Å²) in [7, 11) is 6.15. The SMILES string of the molecule is CC[C@]1(NC=O)C[C@@H]2CN(CCc3c([nH]c4ccccc34)[C@@](C(=O)OC)(c3cc4c(cc3OC)N(C)[C@H]3[C@@](O)(C(=O)OC)[C@H](OC(C)=O)[C@]5(CC)C=CCN6CC[C@]43[C@@H]65)C2)C1. The van der Waals surface area contributed by atoms with Gasteiger partial charge in [-0.3, -0.25) is 19.3 Å². The summed E-state index contributed by atoms with van der Waals surface area (Å²) in [6.45, 7) is 8.85. The number of aliphatic hydroxyl groups is 1. The van der Waals surface area contributed by atoms with Crippen molar-refractivity contribution in [3.05, 3.63) is 70.9 Å². The molecule has 10 atom stereocenters. The average Bonchev–Trinajstić information content (AvgIpc) is 3.92. The number of amides is 1. The van der Waals surface area contributed by atoms with E-state index >= 15 is 4.79 Å². The molecule has 1 unspecified atom stereocenters. The molecule has 1 aliphatic carbocycles. The van der Waals surface area contributed by atoms with Crippen molar-refractivity contribution in [2.45, 2.75) is 99.5 Å². The van der Waals surface area contributed by atoms with Crippen LogP contribution in [0.15, 0.2) is 48.6 Å². The highest BCUT2D eigenvalue weighted by molar-refractivity contribution is 5.95. The first kappa shape index (κ1) is 41.4. The van der Waals surface area contributed by atoms with E-state index in [1.54, 1.807) is 7.11 Å². The lowest BCUT2D eigenvalue weighted by atomic mass is 9.47. The number of para-hydroxylation sites is 1. The maximum atomic E-state index is 15.4. The van der Waals surface area contributed by atoms with E-state index in [0.29, 0.717) is 63.1 Å². The number of carbonyl (C=O) groups excluding carboxylic acids is 4. The van der Waals surface area contributed by atoms with Gasteiger partial charge in [0.25, 0.3) is 0 Å². The highest BCUT2D eigenvalue weighted by atomic mass is 16.6. The third-order valence-electron chi connectivity index (χ3n) is 16.0. The van der Waals surface area contributed by atoms with Crippen molar-refractivity contribution < 1.29 is 43.2 Å². The van der Waals surface area contributed by atoms with E-state index in [9.17, 15) is 19.5 Å². The van der Waals surface area contributed by atoms with E-state index in [1.165, 1.54) is 21.1 Å². The van der Waals surface area contributed by atoms with Crippen molar-refractivity contribution in [3.63, 3.8) is 0 Å². The molecule has 14 heteroatoms. The largest absolute Gasteiger partial charge is 0.496 e. The number of methoxy groups -OCH3 is 3. The maximum Gasteiger partial charge on any atom is 0.344 e. The number of fused-ring (bicyclic) bond motifs is 6. The van der Waals surface area contributed by atoms with Crippen molar-refractivity contribution in [1.82, 2.24) is 20.1 Å². The summed E-state index contributed by atoms with van der Waals surface area (Å²) in [5, 5.41) is 17.6. The number of aromatic nitrogens is 1. The van der Waals surface area contributed by atoms with Gasteiger partial charge in [-0.2, -0.15) is 0 Å². The van der Waals surface area contributed by atoms with Crippen LogP contribution >= 0.6 is 0 Å². The Morgan fingerprint density at radius 1 is 1.00 bits per heavy atom. The molecular formula is C47H59N5O9. The molecule has 1 amide bonds. The smallest absolute Gasteiger partial charge is 0.344 e. The summed E-state index contributed by atoms with van der Waals surface area (Å²) in [5.41, 5.74) is -1.24. The molecule has 326 valence electrons. The number of anilines is 1. The molecule has 3 fully saturated rings. The molecule has 0 radical (unpaired) electrons. The second kappa shape index (κ2) is 14.6. The van der Waals surface area contributed by atoms with E-state index in [4.69, 9.17) is 18.9 Å². The summed E-state index contributed by atoms with van der Waals surface area (Å²) >= 11 is 0. The first-order valence-corrected chi connectivity index (χ1v) is 21.8. The Morgan fingerprint density at radius 2 is 1.77 bits per heavy atom. The molecule has 1 saturated carbocycles. The van der Waals surface area contributed by atoms with Gasteiger partial charge >= 0.3 is 17.9 Å². The predicted octanol–water partition coefficient (Wildman–Crippen LogP) is 3.74. The minimum absolute atomic E-state index is 0.0639. The number of carbonyl (C=O) groups is 4. The number of esters is 3. The summed E-state index contributed by atoms with van der Waals surface area (Å²) in [4.78, 5) is 65.6. The van der Waals surface area contributed by atoms with Gasteiger partial charge in [0.15, 0.2) is 6.10 Å². The third-order valence-corrected chi connectivity index (χ3v) is 16.0. The molecule has 2 aromatic carbocycles. The van der Waals surface area contributed by atoms with Crippen LogP contribution in [0.2, 0.25) is 0 Å². The lowest BCUT2D eigenvalue weighted by molar-refractivity contribution is -0.228. The fraction of sp³-hybridized carbons (Fsp3) is 0.574. The second-order valence-corrected chi connectivity index (χ2v) is 18.5. The molecule has 2 bridgehead atoms. The van der Waals surface area contributed by atoms with E-state index in [0.717, 1.165) is 59.3 Å². The Morgan fingerprint density at radius 3 is 2.46 bits per heavy atom. The van der Waals surface area contributed by atoms with Crippen LogP contribution in [0.1, 0.15) is 75.3 Å². The highest BCUT2D eigenvalue weighted by Crippen LogP contribution is 2.68. The number of piperidine rings is 1. The van der Waals surface area contributed by atoms with Crippen LogP contribution in [0, 0.1) is 11.3 Å². The zero-order chi connectivity index (χ0) is 43.3. The number of nitrogens with one attached hydrogen (secondary N) is 2. The van der Waals surface area contributed by atoms with Gasteiger partial charge in [0.2, 0.25) is 12.0 Å². The highest BCUT2D eigenvalue weighted by Gasteiger charge is 2.80. The number of rotatable bonds is 9. The van der Waals surface area contributed by atoms with Gasteiger partial charge in [-0.1, -0.05) is 44.2 Å². The van der Waals surface area contributed by atoms with Crippen LogP contribution < -0.4 is 15.0 Å². The number of aromatic amines is 1. The van der Waals surface area contributed by atoms with E-state index in [-0.39, 0.29) is 12.0 Å². The van der Waals surface area contributed by atoms with Crippen LogP contribution in [0.5, 0.6) is 5.75 Å². The Labute approximate surface area is 356 Å². The van der Waals surface area contributed by atoms with Gasteiger partial charge in [-0.05, 0) is 74.2 Å². The molecule has 3 N–H and O–H groups in total. The zero-order valence-corrected chi connectivity index (χ0v) is 36.3. The summed E-state index contributed by atoms with van der Waals surface area (Å²) in [6, 6.07) is 10.9. The minimum Gasteiger partial charge on any atom is -0.496 e. The van der Waals surface area contributed by atoms with Crippen LogP contribution in [0.25, 0.3) is 10.9 Å². The summed E-state index contributed by atoms with van der Waals surface area (Å²) in [5.74, 6) is -1.54. The fourth-order valence-electron chi connectivity index (χ4n) is 13.9. The molecule has 9 rings (SSSR count). The predicted molar refractivity (Wildman–Crippen MR) is 227 cm³/mol. The number of likely N-dealkylation sites (N-methyl/N-ethyl adjacent to an activating group) is 1. The number of hydrogen-bond acceptors (Lipinski definition) is 12. The lowest BCUT2D eigenvalue weighted by Crippen LogP contribution is -2.81. The van der Waals surface area contributed by atoms with Gasteiger partial charge in [-0.25, -0.2) is 4.79 Å². The van der Waals surface area contributed by atoms with Crippen LogP contribution in [-0.2, 0) is 50.6 Å². The Balaban J connectivity index is 1.36. The molecule has 3 aromatic rings. The second-order valence-electron chi connectivity index (χ2n) is 18.5. The minimum atomic E-state index is -2.31. The van der Waals surface area contributed by atoms with E-state index in [2.05, 4.69) is 51.3 Å². The van der Waals surface area contributed by atoms with Crippen LogP contribution in [0.4, 0.5) is 5.69 Å². The lowest BCUT2D eigenvalue weighted by Gasteiger charge is -2.63. The van der Waals surface area contributed by atoms with Crippen molar-refractivity contribution in [1.29, 1.82) is 0 Å². The first-order valence-electron chi connectivity index (χ1n) is 21.8. The van der Waals surface area contributed by atoms with Crippen molar-refractivity contribution in [2.75, 3.05) is 66.0 Å². The number of H-pyrrole nitrogens is 1. The Kier molecular flexibility index (Phi) is 9.91. The molecule has 1 aromatic heterocycles. The summed E-state index contributed by atoms with van der Waals surface area (Å²) in [6.07, 6.45) is 7.01. The quantitative estimate of drug-likeness (QED) is 0.124. The average molecular weight is 838 g/mol. The fourth-order valence-corrected chi connectivity index (χ4v) is 13.9. The zero-order valence-electron chi connectivity index (χ0n) is 36.3. The summed E-state index contributed by atoms with van der Waals surface area (Å²) < 4.78 is 24.0. The maximum absolute atomic E-state index is 15.4. The van der Waals surface area contributed by atoms with E-state index < -0.39 is 57.4 Å². The van der Waals surface area contributed by atoms with Gasteiger partial charge in [0.05, 0.1) is 32.9 Å². The number of benzene rings is 2. The molecule has 6 aliphatic rings. The van der Waals surface area contributed by atoms with Crippen LogP contribution in [-0.4, -0.2) is 135 Å². The molecular weight excluding hydrogens is 779 g/mol. The number of ether oxygens (including phenoxy) is 4. The third kappa shape index (κ3) is 5.43. The van der Waals surface area contributed by atoms with Crippen LogP contribution in [0.3, 0.4) is 0 Å². The Bertz CT molecular complexity index is 2330. The topological polar surface area (TPSA) is 163 Å². The van der Waals surface area contributed by atoms with Gasteiger partial charge in [0, 0.05) is 90.9 Å². The molecule has 6 heterocycles. The molecule has 5 aliphatic heterocycles. The number of nitrogens with zero attached hydrogens (tertiary/aromatic N) is 3.